The van der Waals surface area contributed by atoms with E-state index < -0.39 is 0 Å². The van der Waals surface area contributed by atoms with Gasteiger partial charge in [0.1, 0.15) is 0 Å². The van der Waals surface area contributed by atoms with Gasteiger partial charge in [-0.25, -0.2) is 0 Å². The van der Waals surface area contributed by atoms with Crippen molar-refractivity contribution in [2.75, 3.05) is 0 Å². The van der Waals surface area contributed by atoms with E-state index in [-0.39, 0.29) is 24.6 Å². The minimum absolute atomic E-state index is 0.102. The Labute approximate surface area is 71.8 Å². The Morgan fingerprint density at radius 3 is 2.50 bits per heavy atom. The molecule has 0 aliphatic heterocycles. The summed E-state index contributed by atoms with van der Waals surface area (Å²) in [5, 5.41) is 18.0. The molecule has 0 aliphatic carbocycles. The Kier molecular flexibility index (Phi) is 2.63. The van der Waals surface area contributed by atoms with E-state index in [2.05, 4.69) is 14.2 Å². The second kappa shape index (κ2) is 3.31. The molecular weight excluding hydrogens is 262 g/mol. The quantitative estimate of drug-likeness (QED) is 0.674. The molecule has 0 heterocycles. The average Bonchev–Trinajstić information content (AvgIpc) is 1.88. The van der Waals surface area contributed by atoms with Crippen LogP contribution in [0.1, 0.15) is 0 Å². The molecule has 0 saturated carbocycles. The summed E-state index contributed by atoms with van der Waals surface area (Å²) in [7, 11) is 0. The summed E-state index contributed by atoms with van der Waals surface area (Å²) in [5.74, 6) is 0.268. The fourth-order valence-corrected chi connectivity index (χ4v) is 2.67. The summed E-state index contributed by atoms with van der Waals surface area (Å²) in [6.45, 7) is 0. The Hall–Kier alpha value is -0.141. The van der Waals surface area contributed by atoms with E-state index in [1.165, 1.54) is 6.07 Å². The SMILES string of the molecule is Oc1ccc([Se][Se])c(O)c1. The third-order valence-electron chi connectivity index (χ3n) is 1.03. The van der Waals surface area contributed by atoms with Gasteiger partial charge in [0.05, 0.1) is 0 Å². The van der Waals surface area contributed by atoms with Crippen molar-refractivity contribution < 1.29 is 10.2 Å². The zero-order valence-electron chi connectivity index (χ0n) is 4.94. The van der Waals surface area contributed by atoms with Crippen LogP contribution in [-0.2, 0) is 0 Å². The third kappa shape index (κ3) is 1.67. The molecule has 1 radical (unpaired) electrons. The summed E-state index contributed by atoms with van der Waals surface area (Å²) in [6.07, 6.45) is 0. The molecule has 0 spiro atoms. The van der Waals surface area contributed by atoms with Gasteiger partial charge in [0, 0.05) is 0 Å². The van der Waals surface area contributed by atoms with Gasteiger partial charge in [-0.05, 0) is 0 Å². The van der Waals surface area contributed by atoms with Crippen molar-refractivity contribution in [2.24, 2.45) is 0 Å². The standard InChI is InChI=1S/C6H5O2Se2/c7-4-1-2-6(10-9)5(8)3-4/h1-3,7-8H. The molecule has 0 bridgehead atoms. The first kappa shape index (κ1) is 7.96. The third-order valence-corrected chi connectivity index (χ3v) is 4.09. The van der Waals surface area contributed by atoms with Crippen LogP contribution in [-0.4, -0.2) is 37.5 Å². The van der Waals surface area contributed by atoms with Crippen molar-refractivity contribution in [1.82, 2.24) is 0 Å². The van der Waals surface area contributed by atoms with Crippen LogP contribution in [0.25, 0.3) is 0 Å². The van der Waals surface area contributed by atoms with E-state index in [0.29, 0.717) is 0 Å². The monoisotopic (exact) mass is 269 g/mol. The van der Waals surface area contributed by atoms with Crippen molar-refractivity contribution >= 4 is 31.8 Å². The Morgan fingerprint density at radius 1 is 1.30 bits per heavy atom. The Morgan fingerprint density at radius 2 is 2.00 bits per heavy atom. The van der Waals surface area contributed by atoms with E-state index in [0.717, 1.165) is 4.46 Å². The van der Waals surface area contributed by atoms with Gasteiger partial charge < -0.3 is 0 Å². The maximum absolute atomic E-state index is 9.13. The molecule has 53 valence electrons. The molecule has 0 aromatic heterocycles. The molecule has 0 fully saturated rings. The first-order valence-corrected chi connectivity index (χ1v) is 7.75. The zero-order valence-corrected chi connectivity index (χ0v) is 8.37. The second-order valence-electron chi connectivity index (χ2n) is 1.74. The average molecular weight is 267 g/mol. The number of benzene rings is 1. The van der Waals surface area contributed by atoms with E-state index in [1.54, 1.807) is 12.1 Å². The molecule has 0 unspecified atom stereocenters. The summed E-state index contributed by atoms with van der Waals surface area (Å²) in [4.78, 5) is 0. The molecule has 2 N–H and O–H groups in total. The Bertz CT molecular complexity index is 237. The molecule has 1 aromatic carbocycles. The molecule has 1 rings (SSSR count). The van der Waals surface area contributed by atoms with Gasteiger partial charge in [-0.15, -0.1) is 0 Å². The number of phenolic OH excluding ortho intramolecular Hbond substituents is 2. The molecule has 0 atom stereocenters. The van der Waals surface area contributed by atoms with Gasteiger partial charge >= 0.3 is 71.7 Å². The van der Waals surface area contributed by atoms with Crippen molar-refractivity contribution in [3.8, 4) is 11.5 Å². The van der Waals surface area contributed by atoms with Crippen LogP contribution in [0.2, 0.25) is 0 Å². The summed E-state index contributed by atoms with van der Waals surface area (Å²) >= 11 is 3.00. The van der Waals surface area contributed by atoms with E-state index in [1.807, 2.05) is 0 Å². The molecule has 4 heteroatoms. The first-order valence-electron chi connectivity index (χ1n) is 2.56. The number of aromatic hydroxyl groups is 2. The maximum atomic E-state index is 9.13. The van der Waals surface area contributed by atoms with Gasteiger partial charge in [0.15, 0.2) is 0 Å². The van der Waals surface area contributed by atoms with Crippen LogP contribution in [0, 0.1) is 0 Å². The van der Waals surface area contributed by atoms with Gasteiger partial charge in [-0.3, -0.25) is 0 Å². The van der Waals surface area contributed by atoms with Crippen LogP contribution in [0.15, 0.2) is 18.2 Å². The molecule has 2 nitrogen and oxygen atoms in total. The van der Waals surface area contributed by atoms with Gasteiger partial charge in [-0.1, -0.05) is 0 Å². The second-order valence-corrected chi connectivity index (χ2v) is 4.82. The van der Waals surface area contributed by atoms with Crippen molar-refractivity contribution in [3.05, 3.63) is 18.2 Å². The number of phenols is 2. The zero-order chi connectivity index (χ0) is 7.56. The molecule has 1 aromatic rings. The van der Waals surface area contributed by atoms with Crippen LogP contribution >= 0.6 is 0 Å². The summed E-state index contributed by atoms with van der Waals surface area (Å²) in [6, 6.07) is 4.61. The van der Waals surface area contributed by atoms with Crippen molar-refractivity contribution in [3.63, 3.8) is 0 Å². The van der Waals surface area contributed by atoms with Crippen LogP contribution in [0.5, 0.6) is 11.5 Å². The van der Waals surface area contributed by atoms with Crippen molar-refractivity contribution in [2.45, 2.75) is 0 Å². The van der Waals surface area contributed by atoms with Crippen LogP contribution < -0.4 is 4.46 Å². The first-order chi connectivity index (χ1) is 4.74. The molecule has 0 amide bonds. The fraction of sp³-hybridized carbons (Fsp3) is 0. The normalized spacial score (nSPS) is 9.70. The predicted molar refractivity (Wildman–Crippen MR) is 40.9 cm³/mol. The molecular formula is C6H5O2Se2. The van der Waals surface area contributed by atoms with Gasteiger partial charge in [0.25, 0.3) is 0 Å². The molecule has 0 aliphatic rings. The predicted octanol–water partition coefficient (Wildman–Crippen LogP) is -0.489. The van der Waals surface area contributed by atoms with Gasteiger partial charge in [-0.2, -0.15) is 0 Å². The van der Waals surface area contributed by atoms with Crippen molar-refractivity contribution in [1.29, 1.82) is 0 Å². The molecule has 10 heavy (non-hydrogen) atoms. The van der Waals surface area contributed by atoms with Crippen LogP contribution in [0.4, 0.5) is 0 Å². The fourth-order valence-electron chi connectivity index (χ4n) is 0.576. The van der Waals surface area contributed by atoms with E-state index in [4.69, 9.17) is 10.2 Å². The number of hydrogen-bond acceptors (Lipinski definition) is 2. The summed E-state index contributed by atoms with van der Waals surface area (Å²) in [5.41, 5.74) is 0. The van der Waals surface area contributed by atoms with Gasteiger partial charge in [0.2, 0.25) is 0 Å². The molecule has 0 saturated heterocycles. The minimum atomic E-state index is 0.102. The van der Waals surface area contributed by atoms with Crippen LogP contribution in [0.3, 0.4) is 0 Å². The van der Waals surface area contributed by atoms with E-state index >= 15 is 0 Å². The topological polar surface area (TPSA) is 40.5 Å². The Balaban J connectivity index is 3.07. The summed E-state index contributed by atoms with van der Waals surface area (Å²) < 4.78 is 0.866. The van der Waals surface area contributed by atoms with E-state index in [9.17, 15) is 0 Å². The number of hydrogen-bond donors (Lipinski definition) is 2. The number of rotatable bonds is 1.